The number of halogens is 1. The van der Waals surface area contributed by atoms with Crippen LogP contribution in [0.5, 0.6) is 5.75 Å². The molecule has 12 heavy (non-hydrogen) atoms. The number of hydrogen-bond acceptors (Lipinski definition) is 2. The summed E-state index contributed by atoms with van der Waals surface area (Å²) in [7, 11) is 0. The highest BCUT2D eigenvalue weighted by Crippen LogP contribution is 2.32. The highest BCUT2D eigenvalue weighted by molar-refractivity contribution is 5.32. The van der Waals surface area contributed by atoms with Crippen molar-refractivity contribution in [3.8, 4) is 5.75 Å². The Morgan fingerprint density at radius 1 is 1.67 bits per heavy atom. The van der Waals surface area contributed by atoms with Gasteiger partial charge in [-0.25, -0.2) is 4.39 Å². The quantitative estimate of drug-likeness (QED) is 0.590. The summed E-state index contributed by atoms with van der Waals surface area (Å²) in [6, 6.07) is 1.33. The van der Waals surface area contributed by atoms with Gasteiger partial charge in [-0.15, -0.1) is 0 Å². The monoisotopic (exact) mass is 167 g/mol. The second-order valence-electron chi connectivity index (χ2n) is 3.05. The van der Waals surface area contributed by atoms with Gasteiger partial charge in [-0.1, -0.05) is 6.92 Å². The fourth-order valence-corrected chi connectivity index (χ4v) is 1.41. The van der Waals surface area contributed by atoms with Crippen molar-refractivity contribution in [1.29, 1.82) is 0 Å². The number of hydrogen-bond donors (Lipinski definition) is 0. The van der Waals surface area contributed by atoms with Crippen LogP contribution in [0.3, 0.4) is 0 Å². The highest BCUT2D eigenvalue weighted by atomic mass is 19.1. The van der Waals surface area contributed by atoms with Gasteiger partial charge in [0.25, 0.3) is 0 Å². The van der Waals surface area contributed by atoms with Crippen molar-refractivity contribution in [2.75, 3.05) is 6.61 Å². The van der Waals surface area contributed by atoms with E-state index >= 15 is 0 Å². The van der Waals surface area contributed by atoms with Gasteiger partial charge in [-0.05, 0) is 12.5 Å². The van der Waals surface area contributed by atoms with Gasteiger partial charge in [0.15, 0.2) is 11.6 Å². The molecular formula is C9H10FNO. The van der Waals surface area contributed by atoms with Crippen LogP contribution in [0.4, 0.5) is 4.39 Å². The van der Waals surface area contributed by atoms with Gasteiger partial charge < -0.3 is 4.74 Å². The Hall–Kier alpha value is -1.12. The zero-order chi connectivity index (χ0) is 8.55. The zero-order valence-electron chi connectivity index (χ0n) is 6.88. The molecule has 1 aliphatic rings. The van der Waals surface area contributed by atoms with Gasteiger partial charge in [-0.2, -0.15) is 0 Å². The van der Waals surface area contributed by atoms with E-state index in [1.54, 1.807) is 0 Å². The number of pyridine rings is 1. The van der Waals surface area contributed by atoms with Crippen molar-refractivity contribution < 1.29 is 9.13 Å². The molecule has 0 N–H and O–H groups in total. The molecule has 1 aromatic heterocycles. The summed E-state index contributed by atoms with van der Waals surface area (Å²) >= 11 is 0. The van der Waals surface area contributed by atoms with Gasteiger partial charge in [0.1, 0.15) is 0 Å². The summed E-state index contributed by atoms with van der Waals surface area (Å²) in [6.07, 6.45) is 2.41. The molecule has 1 aliphatic heterocycles. The second kappa shape index (κ2) is 2.73. The molecule has 2 heterocycles. The minimum Gasteiger partial charge on any atom is -0.489 e. The first-order chi connectivity index (χ1) is 5.79. The van der Waals surface area contributed by atoms with Crippen LogP contribution < -0.4 is 4.74 Å². The molecule has 0 aromatic carbocycles. The molecule has 0 amide bonds. The Morgan fingerprint density at radius 2 is 2.50 bits per heavy atom. The molecule has 1 atom stereocenters. The highest BCUT2D eigenvalue weighted by Gasteiger charge is 2.21. The molecule has 1 aromatic rings. The van der Waals surface area contributed by atoms with E-state index in [9.17, 15) is 4.39 Å². The molecule has 2 rings (SSSR count). The van der Waals surface area contributed by atoms with Crippen molar-refractivity contribution in [2.24, 2.45) is 0 Å². The van der Waals surface area contributed by atoms with E-state index in [4.69, 9.17) is 4.74 Å². The maximum atomic E-state index is 13.1. The molecule has 1 unspecified atom stereocenters. The molecule has 0 spiro atoms. The predicted octanol–water partition coefficient (Wildman–Crippen LogP) is 2.11. The van der Waals surface area contributed by atoms with E-state index in [1.165, 1.54) is 12.3 Å². The Balaban J connectivity index is 2.52. The van der Waals surface area contributed by atoms with Crippen molar-refractivity contribution in [1.82, 2.24) is 4.98 Å². The standard InChI is InChI=1S/C9H10FNO/c1-6-3-5-12-9-7(10)2-4-11-8(6)9/h2,4,6H,3,5H2,1H3. The van der Waals surface area contributed by atoms with Gasteiger partial charge in [0.05, 0.1) is 12.3 Å². The molecule has 64 valence electrons. The SMILES string of the molecule is CC1CCOc2c(F)ccnc21. The van der Waals surface area contributed by atoms with E-state index in [2.05, 4.69) is 4.98 Å². The van der Waals surface area contributed by atoms with Crippen LogP contribution in [0.1, 0.15) is 25.0 Å². The van der Waals surface area contributed by atoms with E-state index < -0.39 is 0 Å². The van der Waals surface area contributed by atoms with Gasteiger partial charge in [0.2, 0.25) is 0 Å². The Labute approximate surface area is 70.4 Å². The third-order valence-corrected chi connectivity index (χ3v) is 2.15. The maximum Gasteiger partial charge on any atom is 0.176 e. The van der Waals surface area contributed by atoms with Crippen LogP contribution in [0.25, 0.3) is 0 Å². The number of aromatic nitrogens is 1. The molecule has 2 nitrogen and oxygen atoms in total. The van der Waals surface area contributed by atoms with E-state index in [0.29, 0.717) is 18.3 Å². The normalized spacial score (nSPS) is 21.3. The molecule has 0 aliphatic carbocycles. The largest absolute Gasteiger partial charge is 0.489 e. The van der Waals surface area contributed by atoms with Gasteiger partial charge >= 0.3 is 0 Å². The minimum atomic E-state index is -0.299. The van der Waals surface area contributed by atoms with Crippen LogP contribution in [0.2, 0.25) is 0 Å². The topological polar surface area (TPSA) is 22.1 Å². The fraction of sp³-hybridized carbons (Fsp3) is 0.444. The number of ether oxygens (including phenoxy) is 1. The average Bonchev–Trinajstić information content (AvgIpc) is 2.07. The third-order valence-electron chi connectivity index (χ3n) is 2.15. The summed E-state index contributed by atoms with van der Waals surface area (Å²) in [6.45, 7) is 2.63. The van der Waals surface area contributed by atoms with Crippen LogP contribution in [-0.2, 0) is 0 Å². The van der Waals surface area contributed by atoms with E-state index in [0.717, 1.165) is 12.1 Å². The van der Waals surface area contributed by atoms with E-state index in [1.807, 2.05) is 6.92 Å². The van der Waals surface area contributed by atoms with Crippen LogP contribution in [-0.4, -0.2) is 11.6 Å². The lowest BCUT2D eigenvalue weighted by molar-refractivity contribution is 0.254. The molecule has 0 saturated carbocycles. The summed E-state index contributed by atoms with van der Waals surface area (Å²) in [5.41, 5.74) is 0.751. The Bertz CT molecular complexity index is 301. The first-order valence-corrected chi connectivity index (χ1v) is 4.06. The molecular weight excluding hydrogens is 157 g/mol. The van der Waals surface area contributed by atoms with Crippen LogP contribution in [0.15, 0.2) is 12.3 Å². The first kappa shape index (κ1) is 7.53. The van der Waals surface area contributed by atoms with Crippen molar-refractivity contribution in [3.05, 3.63) is 23.8 Å². The molecule has 3 heteroatoms. The van der Waals surface area contributed by atoms with Crippen molar-refractivity contribution in [2.45, 2.75) is 19.3 Å². The van der Waals surface area contributed by atoms with Crippen LogP contribution in [0, 0.1) is 5.82 Å². The number of rotatable bonds is 0. The predicted molar refractivity (Wildman–Crippen MR) is 42.7 cm³/mol. The minimum absolute atomic E-state index is 0.299. The fourth-order valence-electron chi connectivity index (χ4n) is 1.41. The summed E-state index contributed by atoms with van der Waals surface area (Å²) in [4.78, 5) is 4.10. The molecule has 0 bridgehead atoms. The van der Waals surface area contributed by atoms with E-state index in [-0.39, 0.29) is 5.82 Å². The molecule has 0 radical (unpaired) electrons. The summed E-state index contributed by atoms with van der Waals surface area (Å²) in [5.74, 6) is 0.354. The van der Waals surface area contributed by atoms with Gasteiger partial charge in [-0.3, -0.25) is 4.98 Å². The maximum absolute atomic E-state index is 13.1. The Morgan fingerprint density at radius 3 is 3.25 bits per heavy atom. The number of fused-ring (bicyclic) bond motifs is 1. The molecule has 0 saturated heterocycles. The second-order valence-corrected chi connectivity index (χ2v) is 3.05. The van der Waals surface area contributed by atoms with Crippen molar-refractivity contribution in [3.63, 3.8) is 0 Å². The number of nitrogens with zero attached hydrogens (tertiary/aromatic N) is 1. The van der Waals surface area contributed by atoms with Crippen molar-refractivity contribution >= 4 is 0 Å². The third kappa shape index (κ3) is 1.05. The lowest BCUT2D eigenvalue weighted by atomic mass is 10.0. The first-order valence-electron chi connectivity index (χ1n) is 4.06. The lowest BCUT2D eigenvalue weighted by Gasteiger charge is -2.21. The van der Waals surface area contributed by atoms with Gasteiger partial charge in [0, 0.05) is 12.1 Å². The lowest BCUT2D eigenvalue weighted by Crippen LogP contribution is -2.14. The zero-order valence-corrected chi connectivity index (χ0v) is 6.88. The summed E-state index contributed by atoms with van der Waals surface area (Å²) < 4.78 is 18.3. The molecule has 0 fully saturated rings. The Kier molecular flexibility index (Phi) is 1.71. The van der Waals surface area contributed by atoms with Crippen LogP contribution >= 0.6 is 0 Å². The smallest absolute Gasteiger partial charge is 0.176 e. The summed E-state index contributed by atoms with van der Waals surface area (Å²) in [5, 5.41) is 0. The average molecular weight is 167 g/mol.